The van der Waals surface area contributed by atoms with Gasteiger partial charge < -0.3 is 89.0 Å². The molecule has 4 heterocycles. The van der Waals surface area contributed by atoms with Gasteiger partial charge in [-0.1, -0.05) is 0 Å². The van der Waals surface area contributed by atoms with Crippen LogP contribution < -0.4 is 10.2 Å². The molecule has 0 spiro atoms. The third-order valence-electron chi connectivity index (χ3n) is 9.28. The fourth-order valence-corrected chi connectivity index (χ4v) is 6.29. The molecule has 11 N–H and O–H groups in total. The van der Waals surface area contributed by atoms with Crippen molar-refractivity contribution in [3.8, 4) is 34.3 Å². The lowest BCUT2D eigenvalue weighted by Crippen LogP contribution is -2.67. The van der Waals surface area contributed by atoms with Gasteiger partial charge in [0.25, 0.3) is 0 Å². The number of hydrogen-bond acceptors (Lipinski definition) is 19. The zero-order valence-electron chi connectivity index (χ0n) is 27.5. The standard InChI is InChI=1S/C33H40O19/c1-10-19(38)23(42)25(44)31(46-10)50-28-21(40)17(9-34)49-33(30(28)52-32-26(45)24(43)20(39)11(2)47-32)51-29-22(41)18-15(37)7-14(36)8-16(18)48-27(29)12-3-5-13(35)6-4-12/h3-8,10-11,17,19-21,23-26,28,30-40,42-45H,9H2,1-2H3/t10-,11-,17+,19-,20-,21-,23+,24+,25+,26+,28-,30+,31+,32-,33?/m0/s1. The fraction of sp³-hybridized carbons (Fsp3) is 0.545. The van der Waals surface area contributed by atoms with Crippen LogP contribution in [-0.4, -0.2) is 155 Å². The highest BCUT2D eigenvalue weighted by atomic mass is 16.8. The highest BCUT2D eigenvalue weighted by molar-refractivity contribution is 5.88. The summed E-state index contributed by atoms with van der Waals surface area (Å²) in [4.78, 5) is 14.1. The van der Waals surface area contributed by atoms with Crippen LogP contribution in [0.5, 0.6) is 23.0 Å². The van der Waals surface area contributed by atoms with E-state index in [9.17, 15) is 61.0 Å². The minimum absolute atomic E-state index is 0.131. The Kier molecular flexibility index (Phi) is 11.0. The Bertz CT molecular complexity index is 1770. The predicted molar refractivity (Wildman–Crippen MR) is 170 cm³/mol. The van der Waals surface area contributed by atoms with E-state index in [0.717, 1.165) is 12.1 Å². The van der Waals surface area contributed by atoms with Crippen molar-refractivity contribution >= 4 is 11.0 Å². The number of phenols is 3. The molecular weight excluding hydrogens is 700 g/mol. The molecule has 3 aliphatic heterocycles. The lowest BCUT2D eigenvalue weighted by molar-refractivity contribution is -0.381. The second-order valence-electron chi connectivity index (χ2n) is 12.9. The van der Waals surface area contributed by atoms with Crippen molar-refractivity contribution in [1.29, 1.82) is 0 Å². The summed E-state index contributed by atoms with van der Waals surface area (Å²) in [6.07, 6.45) is -25.4. The molecule has 1 unspecified atom stereocenters. The van der Waals surface area contributed by atoms with E-state index in [2.05, 4.69) is 0 Å². The molecule has 6 rings (SSSR count). The highest BCUT2D eigenvalue weighted by Gasteiger charge is 2.54. The minimum atomic E-state index is -1.95. The molecule has 286 valence electrons. The minimum Gasteiger partial charge on any atom is -0.508 e. The van der Waals surface area contributed by atoms with Gasteiger partial charge in [0.15, 0.2) is 24.4 Å². The van der Waals surface area contributed by atoms with Crippen LogP contribution in [0.2, 0.25) is 0 Å². The molecule has 2 aromatic carbocycles. The first-order valence-electron chi connectivity index (χ1n) is 16.2. The van der Waals surface area contributed by atoms with Gasteiger partial charge in [0, 0.05) is 17.7 Å². The van der Waals surface area contributed by atoms with Gasteiger partial charge in [0.05, 0.1) is 18.8 Å². The number of benzene rings is 2. The zero-order valence-corrected chi connectivity index (χ0v) is 27.5. The van der Waals surface area contributed by atoms with Crippen LogP contribution >= 0.6 is 0 Å². The van der Waals surface area contributed by atoms with Gasteiger partial charge in [0.2, 0.25) is 17.5 Å². The summed E-state index contributed by atoms with van der Waals surface area (Å²) < 4.78 is 41.0. The number of phenolic OH excluding ortho intramolecular Hbond substituents is 3. The third-order valence-corrected chi connectivity index (χ3v) is 9.28. The molecule has 3 saturated heterocycles. The number of aliphatic hydroxyl groups is 8. The summed E-state index contributed by atoms with van der Waals surface area (Å²) >= 11 is 0. The SMILES string of the molecule is C[C@@H]1O[C@H](O[C@H]2[C@@H](O)[C@@H](CO)OC(Oc3c(-c4ccc(O)cc4)oc4cc(O)cc(O)c4c3=O)[C@@H]2O[C@@H]2O[C@@H](C)[C@H](O)[C@@H](O)[C@H]2O)[C@H](O)[C@H](O)[C@H]1O. The Labute approximate surface area is 293 Å². The van der Waals surface area contributed by atoms with Gasteiger partial charge >= 0.3 is 0 Å². The second kappa shape index (κ2) is 15.0. The summed E-state index contributed by atoms with van der Waals surface area (Å²) in [5.74, 6) is -2.30. The number of rotatable bonds is 8. The second-order valence-corrected chi connectivity index (χ2v) is 12.9. The summed E-state index contributed by atoms with van der Waals surface area (Å²) in [5.41, 5.74) is -1.17. The predicted octanol–water partition coefficient (Wildman–Crippen LogP) is -2.54. The van der Waals surface area contributed by atoms with E-state index in [-0.39, 0.29) is 22.7 Å². The molecule has 0 saturated carbocycles. The van der Waals surface area contributed by atoms with Crippen LogP contribution in [0, 0.1) is 0 Å². The fourth-order valence-electron chi connectivity index (χ4n) is 6.29. The number of fused-ring (bicyclic) bond motifs is 1. The molecule has 19 nitrogen and oxygen atoms in total. The Balaban J connectivity index is 1.47. The molecule has 52 heavy (non-hydrogen) atoms. The maximum Gasteiger partial charge on any atom is 0.239 e. The van der Waals surface area contributed by atoms with Crippen LogP contribution in [0.4, 0.5) is 0 Å². The van der Waals surface area contributed by atoms with E-state index in [1.54, 1.807) is 0 Å². The monoisotopic (exact) mass is 740 g/mol. The van der Waals surface area contributed by atoms with Crippen molar-refractivity contribution in [2.45, 2.75) is 106 Å². The smallest absolute Gasteiger partial charge is 0.239 e. The number of aliphatic hydroxyl groups excluding tert-OH is 8. The van der Waals surface area contributed by atoms with E-state index < -0.39 is 127 Å². The maximum atomic E-state index is 14.1. The van der Waals surface area contributed by atoms with E-state index in [0.29, 0.717) is 0 Å². The van der Waals surface area contributed by atoms with E-state index in [4.69, 9.17) is 32.8 Å². The molecule has 0 bridgehead atoms. The molecule has 15 atom stereocenters. The van der Waals surface area contributed by atoms with Crippen molar-refractivity contribution in [3.63, 3.8) is 0 Å². The maximum absolute atomic E-state index is 14.1. The molecule has 1 aromatic heterocycles. The lowest BCUT2D eigenvalue weighted by Gasteiger charge is -2.48. The lowest BCUT2D eigenvalue weighted by atomic mass is 9.96. The van der Waals surface area contributed by atoms with Gasteiger partial charge in [-0.05, 0) is 38.1 Å². The first-order valence-corrected chi connectivity index (χ1v) is 16.2. The normalized spacial score (nSPS) is 38.3. The molecule has 0 amide bonds. The van der Waals surface area contributed by atoms with Gasteiger partial charge in [-0.2, -0.15) is 0 Å². The van der Waals surface area contributed by atoms with Crippen LogP contribution in [0.25, 0.3) is 22.3 Å². The van der Waals surface area contributed by atoms with Crippen molar-refractivity contribution in [3.05, 3.63) is 46.6 Å². The van der Waals surface area contributed by atoms with Crippen molar-refractivity contribution in [2.75, 3.05) is 6.61 Å². The van der Waals surface area contributed by atoms with Crippen LogP contribution in [0.3, 0.4) is 0 Å². The first kappa shape index (κ1) is 38.1. The largest absolute Gasteiger partial charge is 0.508 e. The number of aromatic hydroxyl groups is 3. The topological polar surface area (TPSA) is 308 Å². The van der Waals surface area contributed by atoms with Gasteiger partial charge in [-0.15, -0.1) is 0 Å². The first-order chi connectivity index (χ1) is 24.6. The summed E-state index contributed by atoms with van der Waals surface area (Å²) in [6, 6.07) is 7.15. The van der Waals surface area contributed by atoms with Crippen molar-refractivity contribution < 1.29 is 89.0 Å². The summed E-state index contributed by atoms with van der Waals surface area (Å²) in [7, 11) is 0. The third kappa shape index (κ3) is 7.03. The van der Waals surface area contributed by atoms with Crippen molar-refractivity contribution in [2.24, 2.45) is 0 Å². The van der Waals surface area contributed by atoms with Gasteiger partial charge in [-0.3, -0.25) is 4.79 Å². The molecule has 19 heteroatoms. The molecule has 3 fully saturated rings. The Morgan fingerprint density at radius 2 is 1.21 bits per heavy atom. The van der Waals surface area contributed by atoms with E-state index in [1.807, 2.05) is 0 Å². The van der Waals surface area contributed by atoms with Gasteiger partial charge in [-0.25, -0.2) is 0 Å². The zero-order chi connectivity index (χ0) is 37.8. The van der Waals surface area contributed by atoms with E-state index in [1.165, 1.54) is 38.1 Å². The highest BCUT2D eigenvalue weighted by Crippen LogP contribution is 2.39. The van der Waals surface area contributed by atoms with Crippen LogP contribution in [-0.2, 0) is 23.7 Å². The molecule has 3 aliphatic rings. The Hall–Kier alpha value is -3.67. The number of hydrogen-bond donors (Lipinski definition) is 11. The quantitative estimate of drug-likeness (QED) is 0.113. The molecule has 0 radical (unpaired) electrons. The average Bonchev–Trinajstić information content (AvgIpc) is 3.10. The summed E-state index contributed by atoms with van der Waals surface area (Å²) in [5, 5.41) is 115. The Morgan fingerprint density at radius 3 is 1.77 bits per heavy atom. The Morgan fingerprint density at radius 1 is 0.654 bits per heavy atom. The number of ether oxygens (including phenoxy) is 6. The molecule has 3 aromatic rings. The average molecular weight is 741 g/mol. The van der Waals surface area contributed by atoms with Gasteiger partial charge in [0.1, 0.15) is 83.2 Å². The van der Waals surface area contributed by atoms with Crippen LogP contribution in [0.15, 0.2) is 45.6 Å². The van der Waals surface area contributed by atoms with Crippen LogP contribution in [0.1, 0.15) is 13.8 Å². The summed E-state index contributed by atoms with van der Waals surface area (Å²) in [6.45, 7) is 1.83. The molecular formula is C33H40O19. The van der Waals surface area contributed by atoms with E-state index >= 15 is 0 Å². The molecule has 0 aliphatic carbocycles. The van der Waals surface area contributed by atoms with Crippen molar-refractivity contribution in [1.82, 2.24) is 0 Å².